The maximum atomic E-state index is 9.01. The summed E-state index contributed by atoms with van der Waals surface area (Å²) in [5.41, 5.74) is 0. The van der Waals surface area contributed by atoms with Gasteiger partial charge >= 0.3 is 0 Å². The minimum absolute atomic E-state index is 0. The first kappa shape index (κ1) is 20.6. The molecule has 0 fully saturated rings. The highest BCUT2D eigenvalue weighted by atomic mass is 127. The lowest BCUT2D eigenvalue weighted by atomic mass is 10.2. The second kappa shape index (κ2) is 12.2. The van der Waals surface area contributed by atoms with E-state index < -0.39 is 0 Å². The number of aryl methyl sites for hydroxylation is 1. The van der Waals surface area contributed by atoms with Crippen molar-refractivity contribution in [2.24, 2.45) is 10.9 Å². The number of nitrogens with zero attached hydrogens (tertiary/aromatic N) is 2. The lowest BCUT2D eigenvalue weighted by Crippen LogP contribution is -2.38. The van der Waals surface area contributed by atoms with Crippen LogP contribution >= 0.6 is 35.3 Å². The largest absolute Gasteiger partial charge is 0.396 e. The molecule has 0 radical (unpaired) electrons. The molecule has 1 aromatic heterocycles. The molecule has 0 saturated heterocycles. The average molecular weight is 426 g/mol. The molecule has 0 aliphatic carbocycles. The van der Waals surface area contributed by atoms with Crippen molar-refractivity contribution in [3.63, 3.8) is 0 Å². The summed E-state index contributed by atoms with van der Waals surface area (Å²) in [6.45, 7) is 8.61. The second-order valence-corrected chi connectivity index (χ2v) is 5.96. The molecule has 1 heterocycles. The van der Waals surface area contributed by atoms with Crippen LogP contribution in [-0.4, -0.2) is 42.3 Å². The van der Waals surface area contributed by atoms with Gasteiger partial charge in [-0.3, -0.25) is 4.99 Å². The monoisotopic (exact) mass is 426 g/mol. The number of halogens is 1. The summed E-state index contributed by atoms with van der Waals surface area (Å²) in [6.07, 6.45) is 3.92. The van der Waals surface area contributed by atoms with E-state index in [1.54, 1.807) is 11.3 Å². The number of hydrogen-bond donors (Lipinski definition) is 3. The van der Waals surface area contributed by atoms with E-state index in [-0.39, 0.29) is 36.5 Å². The fourth-order valence-electron chi connectivity index (χ4n) is 1.56. The summed E-state index contributed by atoms with van der Waals surface area (Å²) in [7, 11) is 0. The SMILES string of the molecule is CCNC(=NCC(C)CO)NCCc1ncc(CC)s1.I. The van der Waals surface area contributed by atoms with Crippen molar-refractivity contribution >= 4 is 41.3 Å². The number of aliphatic hydroxyl groups is 1. The normalized spacial score (nSPS) is 12.7. The lowest BCUT2D eigenvalue weighted by Gasteiger charge is -2.11. The van der Waals surface area contributed by atoms with E-state index in [4.69, 9.17) is 5.11 Å². The predicted octanol–water partition coefficient (Wildman–Crippen LogP) is 2.05. The van der Waals surface area contributed by atoms with Gasteiger partial charge in [-0.2, -0.15) is 0 Å². The van der Waals surface area contributed by atoms with E-state index in [1.165, 1.54) is 4.88 Å². The first-order chi connectivity index (χ1) is 9.69. The summed E-state index contributed by atoms with van der Waals surface area (Å²) < 4.78 is 0. The molecule has 5 nitrogen and oxygen atoms in total. The van der Waals surface area contributed by atoms with Crippen LogP contribution in [-0.2, 0) is 12.8 Å². The smallest absolute Gasteiger partial charge is 0.191 e. The van der Waals surface area contributed by atoms with Crippen molar-refractivity contribution in [3.05, 3.63) is 16.1 Å². The van der Waals surface area contributed by atoms with Crippen LogP contribution in [0.25, 0.3) is 0 Å². The maximum Gasteiger partial charge on any atom is 0.191 e. The number of nitrogens with one attached hydrogen (secondary N) is 2. The fraction of sp³-hybridized carbons (Fsp3) is 0.714. The summed E-state index contributed by atoms with van der Waals surface area (Å²) >= 11 is 1.78. The van der Waals surface area contributed by atoms with Crippen LogP contribution in [0.4, 0.5) is 0 Å². The summed E-state index contributed by atoms with van der Waals surface area (Å²) in [4.78, 5) is 10.2. The molecular formula is C14H27IN4OS. The van der Waals surface area contributed by atoms with Crippen molar-refractivity contribution < 1.29 is 5.11 Å². The topological polar surface area (TPSA) is 69.5 Å². The number of aliphatic imine (C=N–C) groups is 1. The van der Waals surface area contributed by atoms with Crippen LogP contribution in [0.5, 0.6) is 0 Å². The van der Waals surface area contributed by atoms with Crippen LogP contribution in [0.1, 0.15) is 30.7 Å². The van der Waals surface area contributed by atoms with Crippen LogP contribution in [0, 0.1) is 5.92 Å². The van der Waals surface area contributed by atoms with Gasteiger partial charge in [-0.1, -0.05) is 13.8 Å². The number of guanidine groups is 1. The Morgan fingerprint density at radius 2 is 2.19 bits per heavy atom. The van der Waals surface area contributed by atoms with Gasteiger partial charge in [0.15, 0.2) is 5.96 Å². The zero-order valence-electron chi connectivity index (χ0n) is 13.1. The number of rotatable bonds is 8. The van der Waals surface area contributed by atoms with Crippen molar-refractivity contribution in [1.82, 2.24) is 15.6 Å². The molecule has 0 saturated carbocycles. The molecule has 21 heavy (non-hydrogen) atoms. The molecule has 0 aromatic carbocycles. The first-order valence-electron chi connectivity index (χ1n) is 7.26. The van der Waals surface area contributed by atoms with E-state index in [1.807, 2.05) is 20.0 Å². The van der Waals surface area contributed by atoms with Gasteiger partial charge in [-0.15, -0.1) is 35.3 Å². The molecule has 1 atom stereocenters. The summed E-state index contributed by atoms with van der Waals surface area (Å²) in [5.74, 6) is 0.997. The highest BCUT2D eigenvalue weighted by Gasteiger charge is 2.03. The van der Waals surface area contributed by atoms with E-state index in [2.05, 4.69) is 27.5 Å². The van der Waals surface area contributed by atoms with Gasteiger partial charge in [0.2, 0.25) is 0 Å². The standard InChI is InChI=1S/C14H26N4OS.HI/c1-4-12-9-17-13(20-12)6-7-16-14(15-5-2)18-8-11(3)10-19;/h9,11,19H,4-8,10H2,1-3H3,(H2,15,16,18);1H. The fourth-order valence-corrected chi connectivity index (χ4v) is 2.42. The number of thiazole rings is 1. The minimum atomic E-state index is 0. The Labute approximate surface area is 148 Å². The van der Waals surface area contributed by atoms with Gasteiger partial charge < -0.3 is 15.7 Å². The Morgan fingerprint density at radius 3 is 2.76 bits per heavy atom. The molecule has 0 aliphatic heterocycles. The highest BCUT2D eigenvalue weighted by Crippen LogP contribution is 2.13. The Hall–Kier alpha value is -0.410. The third kappa shape index (κ3) is 8.57. The number of aromatic nitrogens is 1. The van der Waals surface area contributed by atoms with Gasteiger partial charge in [-0.05, 0) is 19.3 Å². The molecule has 1 unspecified atom stereocenters. The number of hydrogen-bond acceptors (Lipinski definition) is 4. The lowest BCUT2D eigenvalue weighted by molar-refractivity contribution is 0.241. The Bertz CT molecular complexity index is 411. The van der Waals surface area contributed by atoms with Crippen molar-refractivity contribution in [3.8, 4) is 0 Å². The van der Waals surface area contributed by atoms with Crippen LogP contribution in [0.3, 0.4) is 0 Å². The quantitative estimate of drug-likeness (QED) is 0.338. The summed E-state index contributed by atoms with van der Waals surface area (Å²) in [5, 5.41) is 16.7. The predicted molar refractivity (Wildman–Crippen MR) is 101 cm³/mol. The van der Waals surface area contributed by atoms with Crippen LogP contribution in [0.15, 0.2) is 11.2 Å². The van der Waals surface area contributed by atoms with Gasteiger partial charge in [0.25, 0.3) is 0 Å². The van der Waals surface area contributed by atoms with Crippen molar-refractivity contribution in [2.45, 2.75) is 33.6 Å². The van der Waals surface area contributed by atoms with Crippen LogP contribution in [0.2, 0.25) is 0 Å². The molecular weight excluding hydrogens is 399 g/mol. The molecule has 3 N–H and O–H groups in total. The molecule has 1 aromatic rings. The van der Waals surface area contributed by atoms with E-state index in [0.29, 0.717) is 6.54 Å². The number of aliphatic hydroxyl groups excluding tert-OH is 1. The Morgan fingerprint density at radius 1 is 1.43 bits per heavy atom. The highest BCUT2D eigenvalue weighted by molar-refractivity contribution is 14.0. The van der Waals surface area contributed by atoms with E-state index in [9.17, 15) is 0 Å². The molecule has 0 amide bonds. The van der Waals surface area contributed by atoms with Crippen LogP contribution < -0.4 is 10.6 Å². The van der Waals surface area contributed by atoms with Crippen molar-refractivity contribution in [2.75, 3.05) is 26.2 Å². The Kier molecular flexibility index (Phi) is 11.9. The third-order valence-corrected chi connectivity index (χ3v) is 4.00. The third-order valence-electron chi connectivity index (χ3n) is 2.80. The average Bonchev–Trinajstić information content (AvgIpc) is 2.92. The Balaban J connectivity index is 0.00000400. The molecule has 122 valence electrons. The molecule has 1 rings (SSSR count). The minimum Gasteiger partial charge on any atom is -0.396 e. The van der Waals surface area contributed by atoms with Gasteiger partial charge in [0, 0.05) is 43.7 Å². The van der Waals surface area contributed by atoms with Crippen molar-refractivity contribution in [1.29, 1.82) is 0 Å². The van der Waals surface area contributed by atoms with Gasteiger partial charge in [0.1, 0.15) is 0 Å². The zero-order valence-corrected chi connectivity index (χ0v) is 16.2. The summed E-state index contributed by atoms with van der Waals surface area (Å²) in [6, 6.07) is 0. The van der Waals surface area contributed by atoms with Gasteiger partial charge in [-0.25, -0.2) is 4.98 Å². The molecule has 7 heteroatoms. The molecule has 0 bridgehead atoms. The molecule has 0 spiro atoms. The van der Waals surface area contributed by atoms with Gasteiger partial charge in [0.05, 0.1) is 5.01 Å². The molecule has 0 aliphatic rings. The first-order valence-corrected chi connectivity index (χ1v) is 8.07. The van der Waals surface area contributed by atoms with E-state index >= 15 is 0 Å². The zero-order chi connectivity index (χ0) is 14.8. The maximum absolute atomic E-state index is 9.01. The second-order valence-electron chi connectivity index (χ2n) is 4.76. The van der Waals surface area contributed by atoms with E-state index in [0.717, 1.165) is 36.9 Å².